The predicted molar refractivity (Wildman–Crippen MR) is 73.8 cm³/mol. The largest absolute Gasteiger partial charge is 0.478 e. The highest BCUT2D eigenvalue weighted by atomic mass is 79.9. The number of nitriles is 1. The molecule has 2 aromatic rings. The van der Waals surface area contributed by atoms with E-state index in [9.17, 15) is 9.90 Å². The third-order valence-corrected chi connectivity index (χ3v) is 3.15. The SMILES string of the molecule is Cc1nn(C)c(Oc2ccc(Br)cc2C(=O)O)c1C#N. The van der Waals surface area contributed by atoms with Crippen LogP contribution in [-0.2, 0) is 7.05 Å². The molecule has 0 fully saturated rings. The molecule has 1 aromatic heterocycles. The Kier molecular flexibility index (Phi) is 3.77. The van der Waals surface area contributed by atoms with Crippen LogP contribution in [0.15, 0.2) is 22.7 Å². The molecule has 0 aliphatic heterocycles. The van der Waals surface area contributed by atoms with E-state index in [1.54, 1.807) is 20.0 Å². The third kappa shape index (κ3) is 2.51. The van der Waals surface area contributed by atoms with Crippen molar-refractivity contribution in [3.05, 3.63) is 39.5 Å². The van der Waals surface area contributed by atoms with E-state index in [4.69, 9.17) is 10.00 Å². The summed E-state index contributed by atoms with van der Waals surface area (Å²) in [6.45, 7) is 1.69. The molecular formula is C13H10BrN3O3. The maximum atomic E-state index is 11.2. The van der Waals surface area contributed by atoms with Crippen molar-refractivity contribution in [1.82, 2.24) is 9.78 Å². The first-order valence-electron chi connectivity index (χ1n) is 5.58. The number of hydrogen-bond acceptors (Lipinski definition) is 4. The molecule has 0 bridgehead atoms. The van der Waals surface area contributed by atoms with Crippen LogP contribution in [0.25, 0.3) is 0 Å². The monoisotopic (exact) mass is 335 g/mol. The molecule has 1 N–H and O–H groups in total. The molecule has 0 amide bonds. The average Bonchev–Trinajstić information content (AvgIpc) is 2.65. The standard InChI is InChI=1S/C13H10BrN3O3/c1-7-10(6-15)12(17(2)16-7)20-11-4-3-8(14)5-9(11)13(18)19/h3-5H,1-2H3,(H,18,19). The summed E-state index contributed by atoms with van der Waals surface area (Å²) in [5.41, 5.74) is 0.813. The van der Waals surface area contributed by atoms with Gasteiger partial charge in [-0.2, -0.15) is 10.4 Å². The second-order valence-electron chi connectivity index (χ2n) is 4.05. The number of carbonyl (C=O) groups is 1. The lowest BCUT2D eigenvalue weighted by Gasteiger charge is -2.09. The molecule has 1 heterocycles. The van der Waals surface area contributed by atoms with E-state index < -0.39 is 5.97 Å². The fourth-order valence-electron chi connectivity index (χ4n) is 1.75. The van der Waals surface area contributed by atoms with Crippen molar-refractivity contribution >= 4 is 21.9 Å². The second-order valence-corrected chi connectivity index (χ2v) is 4.96. The van der Waals surface area contributed by atoms with Gasteiger partial charge in [0.1, 0.15) is 22.9 Å². The Morgan fingerprint density at radius 1 is 1.55 bits per heavy atom. The van der Waals surface area contributed by atoms with Gasteiger partial charge in [0.25, 0.3) is 0 Å². The molecule has 6 nitrogen and oxygen atoms in total. The lowest BCUT2D eigenvalue weighted by molar-refractivity contribution is 0.0694. The Morgan fingerprint density at radius 3 is 2.85 bits per heavy atom. The van der Waals surface area contributed by atoms with Crippen LogP contribution in [0, 0.1) is 18.3 Å². The molecule has 102 valence electrons. The number of aryl methyl sites for hydroxylation is 2. The summed E-state index contributed by atoms with van der Waals surface area (Å²) in [6, 6.07) is 6.63. The van der Waals surface area contributed by atoms with Crippen LogP contribution in [-0.4, -0.2) is 20.9 Å². The molecule has 0 unspecified atom stereocenters. The number of carboxylic acid groups (broad SMARTS) is 1. The zero-order valence-electron chi connectivity index (χ0n) is 10.7. The number of benzene rings is 1. The summed E-state index contributed by atoms with van der Waals surface area (Å²) in [5.74, 6) is -0.742. The number of carboxylic acids is 1. The molecular weight excluding hydrogens is 326 g/mol. The Labute approximate surface area is 123 Å². The smallest absolute Gasteiger partial charge is 0.339 e. The van der Waals surface area contributed by atoms with E-state index in [1.165, 1.54) is 16.8 Å². The van der Waals surface area contributed by atoms with E-state index in [0.717, 1.165) is 0 Å². The molecule has 0 aliphatic carbocycles. The summed E-state index contributed by atoms with van der Waals surface area (Å²) in [4.78, 5) is 11.2. The van der Waals surface area contributed by atoms with Gasteiger partial charge in [0.15, 0.2) is 0 Å². The van der Waals surface area contributed by atoms with Crippen LogP contribution < -0.4 is 4.74 Å². The van der Waals surface area contributed by atoms with E-state index >= 15 is 0 Å². The van der Waals surface area contributed by atoms with Crippen molar-refractivity contribution in [3.63, 3.8) is 0 Å². The maximum Gasteiger partial charge on any atom is 0.339 e. The normalized spacial score (nSPS) is 10.1. The minimum atomic E-state index is -1.11. The zero-order chi connectivity index (χ0) is 14.9. The molecule has 0 spiro atoms. The van der Waals surface area contributed by atoms with Gasteiger partial charge < -0.3 is 9.84 Å². The molecule has 1 aromatic carbocycles. The van der Waals surface area contributed by atoms with Gasteiger partial charge in [0, 0.05) is 11.5 Å². The lowest BCUT2D eigenvalue weighted by Crippen LogP contribution is -2.02. The summed E-state index contributed by atoms with van der Waals surface area (Å²) in [7, 11) is 1.63. The van der Waals surface area contributed by atoms with Crippen LogP contribution >= 0.6 is 15.9 Å². The number of aromatic carboxylic acids is 1. The molecule has 7 heteroatoms. The highest BCUT2D eigenvalue weighted by Crippen LogP contribution is 2.30. The van der Waals surface area contributed by atoms with Gasteiger partial charge in [-0.15, -0.1) is 0 Å². The van der Waals surface area contributed by atoms with Gasteiger partial charge in [-0.05, 0) is 25.1 Å². The first-order chi connectivity index (χ1) is 9.43. The van der Waals surface area contributed by atoms with Gasteiger partial charge in [-0.3, -0.25) is 0 Å². The number of halogens is 1. The third-order valence-electron chi connectivity index (χ3n) is 2.66. The zero-order valence-corrected chi connectivity index (χ0v) is 12.3. The van der Waals surface area contributed by atoms with Gasteiger partial charge in [-0.25, -0.2) is 9.48 Å². The number of nitrogens with zero attached hydrogens (tertiary/aromatic N) is 3. The topological polar surface area (TPSA) is 88.1 Å². The van der Waals surface area contributed by atoms with Crippen molar-refractivity contribution in [2.45, 2.75) is 6.92 Å². The molecule has 20 heavy (non-hydrogen) atoms. The molecule has 0 saturated heterocycles. The van der Waals surface area contributed by atoms with E-state index in [2.05, 4.69) is 21.0 Å². The Bertz CT molecular complexity index is 731. The minimum absolute atomic E-state index is 0.00196. The molecule has 0 radical (unpaired) electrons. The van der Waals surface area contributed by atoms with Crippen LogP contribution in [0.4, 0.5) is 0 Å². The Hall–Kier alpha value is -2.33. The molecule has 0 aliphatic rings. The highest BCUT2D eigenvalue weighted by Gasteiger charge is 2.19. The minimum Gasteiger partial charge on any atom is -0.478 e. The highest BCUT2D eigenvalue weighted by molar-refractivity contribution is 9.10. The van der Waals surface area contributed by atoms with Crippen molar-refractivity contribution in [2.24, 2.45) is 7.05 Å². The van der Waals surface area contributed by atoms with E-state index in [0.29, 0.717) is 10.2 Å². The van der Waals surface area contributed by atoms with Crippen molar-refractivity contribution in [2.75, 3.05) is 0 Å². The van der Waals surface area contributed by atoms with Crippen molar-refractivity contribution in [1.29, 1.82) is 5.26 Å². The fourth-order valence-corrected chi connectivity index (χ4v) is 2.11. The first-order valence-corrected chi connectivity index (χ1v) is 6.37. The predicted octanol–water partition coefficient (Wildman–Crippen LogP) is 2.85. The summed E-state index contributed by atoms with van der Waals surface area (Å²) < 4.78 is 7.61. The van der Waals surface area contributed by atoms with Crippen LogP contribution in [0.3, 0.4) is 0 Å². The van der Waals surface area contributed by atoms with Crippen LogP contribution in [0.5, 0.6) is 11.6 Å². The van der Waals surface area contributed by atoms with Crippen LogP contribution in [0.2, 0.25) is 0 Å². The van der Waals surface area contributed by atoms with Crippen LogP contribution in [0.1, 0.15) is 21.6 Å². The Balaban J connectivity index is 2.51. The maximum absolute atomic E-state index is 11.2. The first kappa shape index (κ1) is 14.1. The summed E-state index contributed by atoms with van der Waals surface area (Å²) in [5, 5.41) is 22.4. The van der Waals surface area contributed by atoms with Crippen molar-refractivity contribution < 1.29 is 14.6 Å². The second kappa shape index (κ2) is 5.35. The van der Waals surface area contributed by atoms with Gasteiger partial charge in [-0.1, -0.05) is 15.9 Å². The number of rotatable bonds is 3. The fraction of sp³-hybridized carbons (Fsp3) is 0.154. The van der Waals surface area contributed by atoms with Crippen molar-refractivity contribution in [3.8, 4) is 17.7 Å². The molecule has 0 atom stereocenters. The molecule has 2 rings (SSSR count). The van der Waals surface area contributed by atoms with Gasteiger partial charge >= 0.3 is 5.97 Å². The number of ether oxygens (including phenoxy) is 1. The van der Waals surface area contributed by atoms with Gasteiger partial charge in [0.05, 0.1) is 5.69 Å². The number of hydrogen-bond donors (Lipinski definition) is 1. The summed E-state index contributed by atoms with van der Waals surface area (Å²) >= 11 is 3.21. The summed E-state index contributed by atoms with van der Waals surface area (Å²) in [6.07, 6.45) is 0. The van der Waals surface area contributed by atoms with E-state index in [1.807, 2.05) is 6.07 Å². The van der Waals surface area contributed by atoms with Gasteiger partial charge in [0.2, 0.25) is 5.88 Å². The number of aromatic nitrogens is 2. The average molecular weight is 336 g/mol. The van der Waals surface area contributed by atoms with E-state index in [-0.39, 0.29) is 22.8 Å². The molecule has 0 saturated carbocycles. The Morgan fingerprint density at radius 2 is 2.25 bits per heavy atom. The lowest BCUT2D eigenvalue weighted by atomic mass is 10.2. The quantitative estimate of drug-likeness (QED) is 0.931.